The van der Waals surface area contributed by atoms with Crippen molar-refractivity contribution in [3.8, 4) is 0 Å². The SMILES string of the molecule is Cl.O=C(NCc1cn2c(n1)CNCC2)C1CCC1. The molecule has 2 N–H and O–H groups in total. The summed E-state index contributed by atoms with van der Waals surface area (Å²) in [5.41, 5.74) is 0.969. The molecule has 2 aliphatic rings. The zero-order chi connectivity index (χ0) is 11.7. The van der Waals surface area contributed by atoms with Gasteiger partial charge >= 0.3 is 0 Å². The van der Waals surface area contributed by atoms with E-state index in [1.54, 1.807) is 0 Å². The molecule has 0 saturated heterocycles. The maximum absolute atomic E-state index is 11.7. The zero-order valence-electron chi connectivity index (χ0n) is 10.3. The minimum atomic E-state index is 0. The fourth-order valence-electron chi connectivity index (χ4n) is 2.33. The van der Waals surface area contributed by atoms with Gasteiger partial charge in [-0.1, -0.05) is 6.42 Å². The van der Waals surface area contributed by atoms with E-state index in [4.69, 9.17) is 0 Å². The Morgan fingerprint density at radius 3 is 3.06 bits per heavy atom. The third-order valence-corrected chi connectivity index (χ3v) is 3.64. The Balaban J connectivity index is 0.00000120. The number of nitrogens with one attached hydrogen (secondary N) is 2. The van der Waals surface area contributed by atoms with Gasteiger partial charge < -0.3 is 15.2 Å². The first-order valence-electron chi connectivity index (χ1n) is 6.36. The molecule has 1 amide bonds. The summed E-state index contributed by atoms with van der Waals surface area (Å²) in [6.45, 7) is 3.36. The van der Waals surface area contributed by atoms with Crippen molar-refractivity contribution in [3.05, 3.63) is 17.7 Å². The van der Waals surface area contributed by atoms with Crippen LogP contribution in [0, 0.1) is 5.92 Å². The van der Waals surface area contributed by atoms with Gasteiger partial charge in [-0.25, -0.2) is 4.98 Å². The molecule has 1 fully saturated rings. The van der Waals surface area contributed by atoms with E-state index < -0.39 is 0 Å². The molecule has 100 valence electrons. The highest BCUT2D eigenvalue weighted by molar-refractivity contribution is 5.85. The second-order valence-corrected chi connectivity index (χ2v) is 4.86. The predicted octanol–water partition coefficient (Wildman–Crippen LogP) is 0.824. The summed E-state index contributed by atoms with van der Waals surface area (Å²) in [5, 5.41) is 6.26. The summed E-state index contributed by atoms with van der Waals surface area (Å²) in [6.07, 6.45) is 5.35. The average Bonchev–Trinajstić information content (AvgIpc) is 2.66. The minimum absolute atomic E-state index is 0. The normalized spacial score (nSPS) is 18.4. The number of carbonyl (C=O) groups excluding carboxylic acids is 1. The standard InChI is InChI=1S/C12H18N4O.ClH/c17-12(9-2-1-3-9)14-6-10-8-16-5-4-13-7-11(16)15-10;/h8-9,13H,1-7H2,(H,14,17);1H. The lowest BCUT2D eigenvalue weighted by molar-refractivity contribution is -0.127. The summed E-state index contributed by atoms with van der Waals surface area (Å²) in [6, 6.07) is 0. The van der Waals surface area contributed by atoms with Crippen molar-refractivity contribution in [2.75, 3.05) is 6.54 Å². The third-order valence-electron chi connectivity index (χ3n) is 3.64. The van der Waals surface area contributed by atoms with Crippen molar-refractivity contribution >= 4 is 18.3 Å². The van der Waals surface area contributed by atoms with Crippen LogP contribution in [0.4, 0.5) is 0 Å². The first-order chi connectivity index (χ1) is 8.33. The number of halogens is 1. The van der Waals surface area contributed by atoms with Crippen LogP contribution in [0.5, 0.6) is 0 Å². The van der Waals surface area contributed by atoms with E-state index in [1.165, 1.54) is 6.42 Å². The molecule has 2 heterocycles. The molecule has 0 atom stereocenters. The van der Waals surface area contributed by atoms with Gasteiger partial charge in [-0.15, -0.1) is 12.4 Å². The van der Waals surface area contributed by atoms with Gasteiger partial charge in [0.2, 0.25) is 5.91 Å². The summed E-state index contributed by atoms with van der Waals surface area (Å²) in [7, 11) is 0. The van der Waals surface area contributed by atoms with Crippen molar-refractivity contribution in [1.29, 1.82) is 0 Å². The van der Waals surface area contributed by atoms with Crippen LogP contribution >= 0.6 is 12.4 Å². The molecule has 3 rings (SSSR count). The molecule has 0 aromatic carbocycles. The van der Waals surface area contributed by atoms with Crippen LogP contribution in [0.2, 0.25) is 0 Å². The number of imidazole rings is 1. The van der Waals surface area contributed by atoms with Gasteiger partial charge in [-0.05, 0) is 12.8 Å². The second kappa shape index (κ2) is 5.71. The maximum Gasteiger partial charge on any atom is 0.223 e. The largest absolute Gasteiger partial charge is 0.350 e. The van der Waals surface area contributed by atoms with Gasteiger partial charge in [0, 0.05) is 25.2 Å². The Hall–Kier alpha value is -1.07. The van der Waals surface area contributed by atoms with Gasteiger partial charge in [-0.2, -0.15) is 0 Å². The maximum atomic E-state index is 11.7. The van der Waals surface area contributed by atoms with Crippen molar-refractivity contribution in [3.63, 3.8) is 0 Å². The van der Waals surface area contributed by atoms with Crippen molar-refractivity contribution in [2.24, 2.45) is 5.92 Å². The van der Waals surface area contributed by atoms with Gasteiger partial charge in [-0.3, -0.25) is 4.79 Å². The van der Waals surface area contributed by atoms with Crippen molar-refractivity contribution in [1.82, 2.24) is 20.2 Å². The topological polar surface area (TPSA) is 59.0 Å². The summed E-state index contributed by atoms with van der Waals surface area (Å²) in [4.78, 5) is 16.2. The molecule has 0 unspecified atom stereocenters. The number of fused-ring (bicyclic) bond motifs is 1. The van der Waals surface area contributed by atoms with Crippen LogP contribution in [-0.4, -0.2) is 22.0 Å². The molecule has 1 aromatic heterocycles. The summed E-state index contributed by atoms with van der Waals surface area (Å²) >= 11 is 0. The van der Waals surface area contributed by atoms with E-state index >= 15 is 0 Å². The van der Waals surface area contributed by atoms with Gasteiger partial charge in [0.05, 0.1) is 18.8 Å². The molecular weight excluding hydrogens is 252 g/mol. The van der Waals surface area contributed by atoms with Crippen molar-refractivity contribution < 1.29 is 4.79 Å². The lowest BCUT2D eigenvalue weighted by Gasteiger charge is -2.23. The number of hydrogen-bond donors (Lipinski definition) is 2. The Labute approximate surface area is 113 Å². The third kappa shape index (κ3) is 2.67. The van der Waals surface area contributed by atoms with E-state index in [-0.39, 0.29) is 24.2 Å². The van der Waals surface area contributed by atoms with Crippen LogP contribution in [0.25, 0.3) is 0 Å². The molecule has 0 spiro atoms. The average molecular weight is 271 g/mol. The highest BCUT2D eigenvalue weighted by Gasteiger charge is 2.25. The van der Waals surface area contributed by atoms with Crippen LogP contribution in [-0.2, 0) is 24.4 Å². The molecule has 6 heteroatoms. The highest BCUT2D eigenvalue weighted by Crippen LogP contribution is 2.26. The predicted molar refractivity (Wildman–Crippen MR) is 70.4 cm³/mol. The number of rotatable bonds is 3. The monoisotopic (exact) mass is 270 g/mol. The molecule has 1 saturated carbocycles. The van der Waals surface area contributed by atoms with Gasteiger partial charge in [0.25, 0.3) is 0 Å². The summed E-state index contributed by atoms with van der Waals surface area (Å²) < 4.78 is 2.17. The molecule has 18 heavy (non-hydrogen) atoms. The lowest BCUT2D eigenvalue weighted by Crippen LogP contribution is -2.34. The Kier molecular flexibility index (Phi) is 4.24. The van der Waals surface area contributed by atoms with E-state index in [2.05, 4.69) is 26.4 Å². The number of carbonyl (C=O) groups is 1. The quantitative estimate of drug-likeness (QED) is 0.855. The Morgan fingerprint density at radius 1 is 1.56 bits per heavy atom. The highest BCUT2D eigenvalue weighted by atomic mass is 35.5. The van der Waals surface area contributed by atoms with Crippen LogP contribution < -0.4 is 10.6 Å². The molecule has 1 aliphatic heterocycles. The van der Waals surface area contributed by atoms with E-state index in [0.717, 1.165) is 44.0 Å². The fraction of sp³-hybridized carbons (Fsp3) is 0.667. The van der Waals surface area contributed by atoms with Crippen molar-refractivity contribution in [2.45, 2.75) is 38.9 Å². The smallest absolute Gasteiger partial charge is 0.223 e. The lowest BCUT2D eigenvalue weighted by atomic mass is 9.85. The van der Waals surface area contributed by atoms with Crippen LogP contribution in [0.3, 0.4) is 0 Å². The Morgan fingerprint density at radius 2 is 2.39 bits per heavy atom. The molecule has 1 aliphatic carbocycles. The van der Waals surface area contributed by atoms with Gasteiger partial charge in [0.15, 0.2) is 0 Å². The molecule has 0 bridgehead atoms. The second-order valence-electron chi connectivity index (χ2n) is 4.86. The Bertz CT molecular complexity index is 404. The molecular formula is C12H19ClN4O. The first-order valence-corrected chi connectivity index (χ1v) is 6.36. The summed E-state index contributed by atoms with van der Waals surface area (Å²) in [5.74, 6) is 1.53. The first kappa shape index (κ1) is 13.4. The zero-order valence-corrected chi connectivity index (χ0v) is 11.1. The van der Waals surface area contributed by atoms with E-state index in [0.29, 0.717) is 6.54 Å². The molecule has 0 radical (unpaired) electrons. The van der Waals surface area contributed by atoms with E-state index in [1.807, 2.05) is 0 Å². The molecule has 5 nitrogen and oxygen atoms in total. The number of nitrogens with zero attached hydrogens (tertiary/aromatic N) is 2. The molecule has 1 aromatic rings. The fourth-order valence-corrected chi connectivity index (χ4v) is 2.33. The number of hydrogen-bond acceptors (Lipinski definition) is 3. The number of amides is 1. The minimum Gasteiger partial charge on any atom is -0.350 e. The van der Waals surface area contributed by atoms with Crippen LogP contribution in [0.15, 0.2) is 6.20 Å². The van der Waals surface area contributed by atoms with E-state index in [9.17, 15) is 4.79 Å². The number of aromatic nitrogens is 2. The van der Waals surface area contributed by atoms with Gasteiger partial charge in [0.1, 0.15) is 5.82 Å². The van der Waals surface area contributed by atoms with Crippen LogP contribution in [0.1, 0.15) is 30.8 Å².